The molecule has 1 heterocycles. The first-order chi connectivity index (χ1) is 14.3. The van der Waals surface area contributed by atoms with Gasteiger partial charge < -0.3 is 10.1 Å². The van der Waals surface area contributed by atoms with Gasteiger partial charge in [-0.15, -0.1) is 11.3 Å². The SMILES string of the molecule is Cc1cc(C(=O)CCC(=O)OCC(=O)N[C@@H](C)c2cccc3ccccc23)c(C)s1. The number of carbonyl (C=O) groups excluding carboxylic acids is 3. The van der Waals surface area contributed by atoms with Gasteiger partial charge in [0.1, 0.15) is 0 Å². The second-order valence-electron chi connectivity index (χ2n) is 7.27. The van der Waals surface area contributed by atoms with Crippen LogP contribution in [0.4, 0.5) is 0 Å². The molecule has 0 bridgehead atoms. The lowest BCUT2D eigenvalue weighted by Gasteiger charge is -2.16. The number of fused-ring (bicyclic) bond motifs is 1. The minimum Gasteiger partial charge on any atom is -0.456 e. The summed E-state index contributed by atoms with van der Waals surface area (Å²) in [6, 6.07) is 15.5. The van der Waals surface area contributed by atoms with E-state index in [4.69, 9.17) is 4.74 Å². The van der Waals surface area contributed by atoms with Crippen LogP contribution in [0.1, 0.15) is 51.5 Å². The Morgan fingerprint density at radius 3 is 2.50 bits per heavy atom. The van der Waals surface area contributed by atoms with Crippen LogP contribution in [0, 0.1) is 13.8 Å². The quantitative estimate of drug-likeness (QED) is 0.413. The van der Waals surface area contributed by atoms with Crippen molar-refractivity contribution < 1.29 is 19.1 Å². The smallest absolute Gasteiger partial charge is 0.306 e. The predicted octanol–water partition coefficient (Wildman–Crippen LogP) is 4.90. The molecule has 156 valence electrons. The van der Waals surface area contributed by atoms with E-state index >= 15 is 0 Å². The Labute approximate surface area is 180 Å². The molecule has 2 aromatic carbocycles. The third-order valence-corrected chi connectivity index (χ3v) is 5.90. The number of Topliss-reactive ketones (excluding diaryl/α,β-unsaturated/α-hetero) is 1. The molecule has 3 aromatic rings. The summed E-state index contributed by atoms with van der Waals surface area (Å²) in [4.78, 5) is 38.4. The number of nitrogens with one attached hydrogen (secondary N) is 1. The molecule has 30 heavy (non-hydrogen) atoms. The van der Waals surface area contributed by atoms with E-state index in [-0.39, 0.29) is 37.2 Å². The molecule has 0 aliphatic rings. The van der Waals surface area contributed by atoms with Crippen LogP contribution in [-0.2, 0) is 14.3 Å². The van der Waals surface area contributed by atoms with Gasteiger partial charge in [-0.25, -0.2) is 0 Å². The predicted molar refractivity (Wildman–Crippen MR) is 119 cm³/mol. The van der Waals surface area contributed by atoms with Crippen LogP contribution in [0.3, 0.4) is 0 Å². The lowest BCUT2D eigenvalue weighted by atomic mass is 10.00. The topological polar surface area (TPSA) is 72.5 Å². The Morgan fingerprint density at radius 1 is 1.03 bits per heavy atom. The van der Waals surface area contributed by atoms with Gasteiger partial charge in [-0.1, -0.05) is 42.5 Å². The average Bonchev–Trinajstić information content (AvgIpc) is 3.08. The van der Waals surface area contributed by atoms with Gasteiger partial charge in [-0.3, -0.25) is 14.4 Å². The minimum atomic E-state index is -0.555. The van der Waals surface area contributed by atoms with Gasteiger partial charge in [0.25, 0.3) is 5.91 Å². The largest absolute Gasteiger partial charge is 0.456 e. The van der Waals surface area contributed by atoms with Crippen molar-refractivity contribution in [2.45, 2.75) is 39.7 Å². The minimum absolute atomic E-state index is 0.0423. The van der Waals surface area contributed by atoms with Gasteiger partial charge in [-0.05, 0) is 43.2 Å². The summed E-state index contributed by atoms with van der Waals surface area (Å²) in [5.74, 6) is -1.01. The maximum Gasteiger partial charge on any atom is 0.306 e. The molecule has 0 radical (unpaired) electrons. The number of hydrogen-bond donors (Lipinski definition) is 1. The number of ketones is 1. The fraction of sp³-hybridized carbons (Fsp3) is 0.292. The number of hydrogen-bond acceptors (Lipinski definition) is 5. The molecule has 3 rings (SSSR count). The lowest BCUT2D eigenvalue weighted by molar-refractivity contribution is -0.148. The summed E-state index contributed by atoms with van der Waals surface area (Å²) in [5.41, 5.74) is 1.66. The maximum atomic E-state index is 12.3. The number of ether oxygens (including phenoxy) is 1. The molecular weight excluding hydrogens is 398 g/mol. The molecule has 0 unspecified atom stereocenters. The average molecular weight is 424 g/mol. The van der Waals surface area contributed by atoms with E-state index in [2.05, 4.69) is 5.32 Å². The highest BCUT2D eigenvalue weighted by Crippen LogP contribution is 2.24. The maximum absolute atomic E-state index is 12.3. The van der Waals surface area contributed by atoms with Crippen LogP contribution in [0.15, 0.2) is 48.5 Å². The summed E-state index contributed by atoms with van der Waals surface area (Å²) in [7, 11) is 0. The van der Waals surface area contributed by atoms with Crippen LogP contribution in [-0.4, -0.2) is 24.3 Å². The third-order valence-electron chi connectivity index (χ3n) is 4.93. The van der Waals surface area contributed by atoms with Crippen LogP contribution in [0.2, 0.25) is 0 Å². The second-order valence-corrected chi connectivity index (χ2v) is 8.73. The molecule has 0 saturated carbocycles. The van der Waals surface area contributed by atoms with Crippen molar-refractivity contribution in [1.82, 2.24) is 5.32 Å². The highest BCUT2D eigenvalue weighted by atomic mass is 32.1. The van der Waals surface area contributed by atoms with Gasteiger partial charge in [-0.2, -0.15) is 0 Å². The number of amides is 1. The highest BCUT2D eigenvalue weighted by molar-refractivity contribution is 7.12. The number of esters is 1. The monoisotopic (exact) mass is 423 g/mol. The molecule has 0 aliphatic heterocycles. The molecule has 0 spiro atoms. The third kappa shape index (κ3) is 5.33. The van der Waals surface area contributed by atoms with Crippen LogP contribution >= 0.6 is 11.3 Å². The molecule has 1 N–H and O–H groups in total. The second kappa shape index (κ2) is 9.67. The van der Waals surface area contributed by atoms with Crippen LogP contribution in [0.5, 0.6) is 0 Å². The Bertz CT molecular complexity index is 1080. The fourth-order valence-electron chi connectivity index (χ4n) is 3.47. The van der Waals surface area contributed by atoms with Crippen molar-refractivity contribution in [3.63, 3.8) is 0 Å². The summed E-state index contributed by atoms with van der Waals surface area (Å²) < 4.78 is 5.05. The van der Waals surface area contributed by atoms with E-state index in [1.165, 1.54) is 0 Å². The van der Waals surface area contributed by atoms with E-state index in [0.717, 1.165) is 26.1 Å². The van der Waals surface area contributed by atoms with Crippen LogP contribution < -0.4 is 5.32 Å². The Kier molecular flexibility index (Phi) is 7.00. The Balaban J connectivity index is 1.47. The summed E-state index contributed by atoms with van der Waals surface area (Å²) in [5, 5.41) is 5.03. The zero-order chi connectivity index (χ0) is 21.7. The molecule has 1 amide bonds. The number of thiophene rings is 1. The lowest BCUT2D eigenvalue weighted by Crippen LogP contribution is -2.31. The molecule has 0 aliphatic carbocycles. The molecule has 5 nitrogen and oxygen atoms in total. The molecule has 1 atom stereocenters. The molecule has 0 fully saturated rings. The number of benzene rings is 2. The van der Waals surface area contributed by atoms with E-state index in [9.17, 15) is 14.4 Å². The van der Waals surface area contributed by atoms with Gasteiger partial charge in [0, 0.05) is 21.7 Å². The first-order valence-electron chi connectivity index (χ1n) is 9.88. The molecule has 0 saturated heterocycles. The van der Waals surface area contributed by atoms with E-state index in [1.807, 2.05) is 69.3 Å². The first-order valence-corrected chi connectivity index (χ1v) is 10.7. The number of rotatable bonds is 8. The summed E-state index contributed by atoms with van der Waals surface area (Å²) >= 11 is 1.56. The van der Waals surface area contributed by atoms with E-state index in [1.54, 1.807) is 11.3 Å². The number of aryl methyl sites for hydroxylation is 2. The highest BCUT2D eigenvalue weighted by Gasteiger charge is 2.16. The van der Waals surface area contributed by atoms with E-state index < -0.39 is 5.97 Å². The standard InChI is InChI=1S/C24H25NO4S/c1-15-13-21(17(3)30-15)22(26)11-12-24(28)29-14-23(27)25-16(2)19-10-6-8-18-7-4-5-9-20(18)19/h4-10,13,16H,11-12,14H2,1-3H3,(H,25,27)/t16-/m0/s1. The van der Waals surface area contributed by atoms with Crippen LogP contribution in [0.25, 0.3) is 10.8 Å². The fourth-order valence-corrected chi connectivity index (χ4v) is 4.41. The summed E-state index contributed by atoms with van der Waals surface area (Å²) in [6.45, 7) is 5.37. The van der Waals surface area contributed by atoms with Crippen molar-refractivity contribution in [2.24, 2.45) is 0 Å². The Hall–Kier alpha value is -2.99. The van der Waals surface area contributed by atoms with Crippen molar-refractivity contribution in [2.75, 3.05) is 6.61 Å². The van der Waals surface area contributed by atoms with Gasteiger partial charge in [0.15, 0.2) is 12.4 Å². The van der Waals surface area contributed by atoms with Crippen molar-refractivity contribution in [3.05, 3.63) is 69.4 Å². The Morgan fingerprint density at radius 2 is 1.77 bits per heavy atom. The first kappa shape index (κ1) is 21.7. The molecular formula is C24H25NO4S. The zero-order valence-electron chi connectivity index (χ0n) is 17.4. The molecule has 1 aromatic heterocycles. The van der Waals surface area contributed by atoms with Gasteiger partial charge in [0.05, 0.1) is 12.5 Å². The van der Waals surface area contributed by atoms with Crippen molar-refractivity contribution in [3.8, 4) is 0 Å². The zero-order valence-corrected chi connectivity index (χ0v) is 18.2. The molecule has 6 heteroatoms. The van der Waals surface area contributed by atoms with Crippen molar-refractivity contribution in [1.29, 1.82) is 0 Å². The van der Waals surface area contributed by atoms with Gasteiger partial charge in [0.2, 0.25) is 0 Å². The normalized spacial score (nSPS) is 11.8. The summed E-state index contributed by atoms with van der Waals surface area (Å²) in [6.07, 6.45) is 0.0309. The van der Waals surface area contributed by atoms with Gasteiger partial charge >= 0.3 is 5.97 Å². The van der Waals surface area contributed by atoms with Crippen molar-refractivity contribution >= 4 is 39.8 Å². The number of carbonyl (C=O) groups is 3. The van der Waals surface area contributed by atoms with E-state index in [0.29, 0.717) is 5.56 Å².